The molecule has 0 amide bonds. The summed E-state index contributed by atoms with van der Waals surface area (Å²) in [6.45, 7) is 11.1. The smallest absolute Gasteiger partial charge is 0.134 e. The third kappa shape index (κ3) is 4.56. The van der Waals surface area contributed by atoms with Crippen molar-refractivity contribution in [2.45, 2.75) is 52.5 Å². The average molecular weight is 291 g/mol. The lowest BCUT2D eigenvalue weighted by Crippen LogP contribution is -2.33. The molecule has 1 aliphatic rings. The van der Waals surface area contributed by atoms with E-state index in [-0.39, 0.29) is 0 Å². The molecule has 0 spiro atoms. The number of nitrogens with one attached hydrogen (secondary N) is 2. The van der Waals surface area contributed by atoms with E-state index in [0.29, 0.717) is 6.04 Å². The van der Waals surface area contributed by atoms with E-state index >= 15 is 0 Å². The van der Waals surface area contributed by atoms with Gasteiger partial charge in [-0.15, -0.1) is 0 Å². The molecule has 0 aliphatic carbocycles. The lowest BCUT2D eigenvalue weighted by atomic mass is 10.2. The maximum Gasteiger partial charge on any atom is 0.134 e. The van der Waals surface area contributed by atoms with Crippen LogP contribution in [0.25, 0.3) is 0 Å². The molecule has 1 aromatic rings. The minimum atomic E-state index is 0.405. The highest BCUT2D eigenvalue weighted by molar-refractivity contribution is 5.57. The highest BCUT2D eigenvalue weighted by Crippen LogP contribution is 2.21. The van der Waals surface area contributed by atoms with Crippen LogP contribution in [0.2, 0.25) is 0 Å². The van der Waals surface area contributed by atoms with Crippen LogP contribution >= 0.6 is 0 Å². The molecule has 1 fully saturated rings. The standard InChI is InChI=1S/C16H29N5/c1-4-8-17-15-14(5-2)16(19-12-18-15)20-13(3)11-21-9-6-7-10-21/h12-13H,4-11H2,1-3H3,(H2,17,18,19,20). The van der Waals surface area contributed by atoms with Gasteiger partial charge in [0.15, 0.2) is 0 Å². The first-order valence-corrected chi connectivity index (χ1v) is 8.31. The highest BCUT2D eigenvalue weighted by Gasteiger charge is 2.16. The Morgan fingerprint density at radius 3 is 2.57 bits per heavy atom. The molecule has 1 saturated heterocycles. The molecule has 2 N–H and O–H groups in total. The van der Waals surface area contributed by atoms with Crippen molar-refractivity contribution in [3.05, 3.63) is 11.9 Å². The van der Waals surface area contributed by atoms with Crippen molar-refractivity contribution >= 4 is 11.6 Å². The summed E-state index contributed by atoms with van der Waals surface area (Å²) in [7, 11) is 0. The van der Waals surface area contributed by atoms with Gasteiger partial charge in [-0.2, -0.15) is 0 Å². The van der Waals surface area contributed by atoms with E-state index in [1.54, 1.807) is 6.33 Å². The second-order valence-corrected chi connectivity index (χ2v) is 5.88. The topological polar surface area (TPSA) is 53.1 Å². The minimum Gasteiger partial charge on any atom is -0.370 e. The first-order chi connectivity index (χ1) is 10.2. The van der Waals surface area contributed by atoms with Gasteiger partial charge in [0.2, 0.25) is 0 Å². The first-order valence-electron chi connectivity index (χ1n) is 8.31. The number of hydrogen-bond acceptors (Lipinski definition) is 5. The summed E-state index contributed by atoms with van der Waals surface area (Å²) in [6, 6.07) is 0.405. The second kappa shape index (κ2) is 8.17. The van der Waals surface area contributed by atoms with Crippen molar-refractivity contribution in [2.24, 2.45) is 0 Å². The maximum atomic E-state index is 4.45. The number of aromatic nitrogens is 2. The van der Waals surface area contributed by atoms with Gasteiger partial charge in [-0.05, 0) is 45.7 Å². The molecule has 1 atom stereocenters. The molecule has 1 aromatic heterocycles. The van der Waals surface area contributed by atoms with E-state index in [1.165, 1.54) is 31.5 Å². The first kappa shape index (κ1) is 16.0. The molecular weight excluding hydrogens is 262 g/mol. The summed E-state index contributed by atoms with van der Waals surface area (Å²) >= 11 is 0. The Morgan fingerprint density at radius 1 is 1.19 bits per heavy atom. The van der Waals surface area contributed by atoms with Crippen LogP contribution in [0, 0.1) is 0 Å². The quantitative estimate of drug-likeness (QED) is 0.771. The summed E-state index contributed by atoms with van der Waals surface area (Å²) in [4.78, 5) is 11.4. The molecule has 0 aromatic carbocycles. The van der Waals surface area contributed by atoms with Gasteiger partial charge in [-0.3, -0.25) is 0 Å². The molecule has 0 radical (unpaired) electrons. The van der Waals surface area contributed by atoms with Crippen LogP contribution in [0.3, 0.4) is 0 Å². The number of anilines is 2. The van der Waals surface area contributed by atoms with Crippen molar-refractivity contribution in [3.8, 4) is 0 Å². The molecule has 2 heterocycles. The fraction of sp³-hybridized carbons (Fsp3) is 0.750. The van der Waals surface area contributed by atoms with Crippen LogP contribution in [-0.2, 0) is 6.42 Å². The third-order valence-corrected chi connectivity index (χ3v) is 3.96. The maximum absolute atomic E-state index is 4.45. The molecular formula is C16H29N5. The molecule has 2 rings (SSSR count). The monoisotopic (exact) mass is 291 g/mol. The van der Waals surface area contributed by atoms with Gasteiger partial charge in [0, 0.05) is 24.7 Å². The Balaban J connectivity index is 2.00. The van der Waals surface area contributed by atoms with Gasteiger partial charge in [0.25, 0.3) is 0 Å². The normalized spacial score (nSPS) is 16.9. The van der Waals surface area contributed by atoms with Crippen molar-refractivity contribution in [1.29, 1.82) is 0 Å². The highest BCUT2D eigenvalue weighted by atomic mass is 15.2. The molecule has 118 valence electrons. The number of likely N-dealkylation sites (tertiary alicyclic amines) is 1. The lowest BCUT2D eigenvalue weighted by Gasteiger charge is -2.23. The van der Waals surface area contributed by atoms with E-state index in [0.717, 1.165) is 37.6 Å². The van der Waals surface area contributed by atoms with E-state index in [1.807, 2.05) is 0 Å². The Bertz CT molecular complexity index is 429. The Hall–Kier alpha value is -1.36. The number of rotatable bonds is 8. The van der Waals surface area contributed by atoms with Crippen molar-refractivity contribution in [1.82, 2.24) is 14.9 Å². The molecule has 0 bridgehead atoms. The van der Waals surface area contributed by atoms with E-state index in [2.05, 4.69) is 46.3 Å². The van der Waals surface area contributed by atoms with Crippen molar-refractivity contribution in [2.75, 3.05) is 36.8 Å². The van der Waals surface area contributed by atoms with Crippen LogP contribution in [0.5, 0.6) is 0 Å². The lowest BCUT2D eigenvalue weighted by molar-refractivity contribution is 0.327. The predicted octanol–water partition coefficient (Wildman–Crippen LogP) is 2.76. The predicted molar refractivity (Wildman–Crippen MR) is 88.9 cm³/mol. The zero-order valence-corrected chi connectivity index (χ0v) is 13.7. The van der Waals surface area contributed by atoms with Crippen LogP contribution in [-0.4, -0.2) is 47.1 Å². The molecule has 21 heavy (non-hydrogen) atoms. The molecule has 5 heteroatoms. The van der Waals surface area contributed by atoms with Crippen LogP contribution < -0.4 is 10.6 Å². The molecule has 0 saturated carbocycles. The third-order valence-electron chi connectivity index (χ3n) is 3.96. The Labute approximate surface area is 128 Å². The van der Waals surface area contributed by atoms with Crippen molar-refractivity contribution in [3.63, 3.8) is 0 Å². The fourth-order valence-electron chi connectivity index (χ4n) is 2.90. The zero-order chi connectivity index (χ0) is 15.1. The summed E-state index contributed by atoms with van der Waals surface area (Å²) < 4.78 is 0. The summed E-state index contributed by atoms with van der Waals surface area (Å²) in [5, 5.41) is 6.97. The fourth-order valence-corrected chi connectivity index (χ4v) is 2.90. The summed E-state index contributed by atoms with van der Waals surface area (Å²) in [5.74, 6) is 1.96. The van der Waals surface area contributed by atoms with Gasteiger partial charge in [-0.1, -0.05) is 13.8 Å². The van der Waals surface area contributed by atoms with Gasteiger partial charge < -0.3 is 15.5 Å². The van der Waals surface area contributed by atoms with Gasteiger partial charge in [-0.25, -0.2) is 9.97 Å². The van der Waals surface area contributed by atoms with Crippen LogP contribution in [0.15, 0.2) is 6.33 Å². The number of hydrogen-bond donors (Lipinski definition) is 2. The summed E-state index contributed by atoms with van der Waals surface area (Å²) in [6.07, 6.45) is 6.37. The largest absolute Gasteiger partial charge is 0.370 e. The zero-order valence-electron chi connectivity index (χ0n) is 13.7. The molecule has 1 unspecified atom stereocenters. The summed E-state index contributed by atoms with van der Waals surface area (Å²) in [5.41, 5.74) is 1.19. The van der Waals surface area contributed by atoms with Crippen molar-refractivity contribution < 1.29 is 0 Å². The second-order valence-electron chi connectivity index (χ2n) is 5.88. The minimum absolute atomic E-state index is 0.405. The molecule has 5 nitrogen and oxygen atoms in total. The Morgan fingerprint density at radius 2 is 1.90 bits per heavy atom. The Kier molecular flexibility index (Phi) is 6.23. The average Bonchev–Trinajstić information content (AvgIpc) is 2.97. The van der Waals surface area contributed by atoms with E-state index in [4.69, 9.17) is 0 Å². The molecule has 1 aliphatic heterocycles. The van der Waals surface area contributed by atoms with Crippen LogP contribution in [0.4, 0.5) is 11.6 Å². The van der Waals surface area contributed by atoms with Gasteiger partial charge in [0.1, 0.15) is 18.0 Å². The SMILES string of the molecule is CCCNc1ncnc(NC(C)CN2CCCC2)c1CC. The van der Waals surface area contributed by atoms with Gasteiger partial charge in [0.05, 0.1) is 0 Å². The van der Waals surface area contributed by atoms with E-state index in [9.17, 15) is 0 Å². The number of nitrogens with zero attached hydrogens (tertiary/aromatic N) is 3. The van der Waals surface area contributed by atoms with Crippen LogP contribution in [0.1, 0.15) is 45.6 Å². The van der Waals surface area contributed by atoms with E-state index < -0.39 is 0 Å². The van der Waals surface area contributed by atoms with Gasteiger partial charge >= 0.3 is 0 Å².